The van der Waals surface area contributed by atoms with Gasteiger partial charge >= 0.3 is 6.09 Å². The van der Waals surface area contributed by atoms with Crippen molar-refractivity contribution in [2.75, 3.05) is 6.54 Å². The third-order valence-electron chi connectivity index (χ3n) is 2.88. The number of aliphatic hydroxyl groups excluding tert-OH is 1. The Morgan fingerprint density at radius 2 is 2.10 bits per heavy atom. The lowest BCUT2D eigenvalue weighted by Crippen LogP contribution is -2.25. The Morgan fingerprint density at radius 3 is 2.70 bits per heavy atom. The van der Waals surface area contributed by atoms with Crippen molar-refractivity contribution < 1.29 is 15.0 Å². The van der Waals surface area contributed by atoms with Gasteiger partial charge in [-0.15, -0.1) is 0 Å². The molecule has 0 bridgehead atoms. The minimum absolute atomic E-state index is 0.178. The van der Waals surface area contributed by atoms with Crippen LogP contribution in [0.4, 0.5) is 4.79 Å². The molecule has 1 aromatic heterocycles. The maximum absolute atomic E-state index is 10.5. The van der Waals surface area contributed by atoms with Gasteiger partial charge in [0.05, 0.1) is 22.2 Å². The largest absolute Gasteiger partial charge is 0.465 e. The molecule has 1 amide bonds. The van der Waals surface area contributed by atoms with E-state index in [-0.39, 0.29) is 13.2 Å². The van der Waals surface area contributed by atoms with Gasteiger partial charge < -0.3 is 20.1 Å². The van der Waals surface area contributed by atoms with Crippen LogP contribution in [0, 0.1) is 0 Å². The quantitative estimate of drug-likeness (QED) is 0.710. The number of hydrogen-bond donors (Lipinski definition) is 3. The summed E-state index contributed by atoms with van der Waals surface area (Å²) in [5.41, 5.74) is 1.30. The van der Waals surface area contributed by atoms with Crippen molar-refractivity contribution in [3.63, 3.8) is 0 Å². The van der Waals surface area contributed by atoms with Crippen molar-refractivity contribution >= 4 is 56.1 Å². The van der Waals surface area contributed by atoms with Gasteiger partial charge in [-0.1, -0.05) is 39.1 Å². The molecule has 0 aliphatic heterocycles. The standard InChI is InChI=1S/C12H11BrCl2N2O3/c13-8-4-9(14)10(15)11-7(8)3-6(5-18)17(11)2-1-16-12(19)20/h3-4,16,18H,1-2,5H2,(H,19,20). The summed E-state index contributed by atoms with van der Waals surface area (Å²) in [7, 11) is 0. The molecule has 5 nitrogen and oxygen atoms in total. The Labute approximate surface area is 133 Å². The Hall–Kier alpha value is -0.950. The van der Waals surface area contributed by atoms with Crippen LogP contribution in [0.1, 0.15) is 5.69 Å². The van der Waals surface area contributed by atoms with Crippen LogP contribution >= 0.6 is 39.1 Å². The van der Waals surface area contributed by atoms with Crippen molar-refractivity contribution in [3.8, 4) is 0 Å². The molecule has 0 saturated heterocycles. The van der Waals surface area contributed by atoms with E-state index in [2.05, 4.69) is 21.2 Å². The molecule has 2 rings (SSSR count). The number of fused-ring (bicyclic) bond motifs is 1. The number of rotatable bonds is 4. The summed E-state index contributed by atoms with van der Waals surface area (Å²) in [5.74, 6) is 0. The lowest BCUT2D eigenvalue weighted by molar-refractivity contribution is 0.194. The summed E-state index contributed by atoms with van der Waals surface area (Å²) >= 11 is 15.7. The first kappa shape index (κ1) is 15.4. The zero-order chi connectivity index (χ0) is 14.9. The lowest BCUT2D eigenvalue weighted by Gasteiger charge is -2.11. The molecule has 2 aromatic rings. The number of carboxylic acid groups (broad SMARTS) is 1. The van der Waals surface area contributed by atoms with E-state index in [0.29, 0.717) is 27.8 Å². The fourth-order valence-electron chi connectivity index (χ4n) is 2.05. The fourth-order valence-corrected chi connectivity index (χ4v) is 3.17. The summed E-state index contributed by atoms with van der Waals surface area (Å²) in [6, 6.07) is 3.48. The highest BCUT2D eigenvalue weighted by molar-refractivity contribution is 9.10. The maximum atomic E-state index is 10.5. The molecule has 8 heteroatoms. The molecule has 108 valence electrons. The predicted molar refractivity (Wildman–Crippen MR) is 81.6 cm³/mol. The number of halogens is 3. The van der Waals surface area contributed by atoms with Crippen LogP contribution in [0.5, 0.6) is 0 Å². The second kappa shape index (κ2) is 6.22. The van der Waals surface area contributed by atoms with Gasteiger partial charge in [0.15, 0.2) is 0 Å². The molecule has 0 radical (unpaired) electrons. The number of benzene rings is 1. The van der Waals surface area contributed by atoms with Gasteiger partial charge in [0.1, 0.15) is 0 Å². The Morgan fingerprint density at radius 1 is 1.40 bits per heavy atom. The first-order chi connectivity index (χ1) is 9.45. The van der Waals surface area contributed by atoms with Crippen LogP contribution in [0.15, 0.2) is 16.6 Å². The normalized spacial score (nSPS) is 11.0. The third kappa shape index (κ3) is 2.88. The van der Waals surface area contributed by atoms with E-state index in [1.165, 1.54) is 0 Å². The molecule has 0 fully saturated rings. The average molecular weight is 382 g/mol. The molecular formula is C12H11BrCl2N2O3. The fraction of sp³-hybridized carbons (Fsp3) is 0.250. The van der Waals surface area contributed by atoms with Crippen LogP contribution in [-0.2, 0) is 13.2 Å². The van der Waals surface area contributed by atoms with Crippen molar-refractivity contribution in [1.29, 1.82) is 0 Å². The predicted octanol–water partition coefficient (Wildman–Crippen LogP) is 3.47. The van der Waals surface area contributed by atoms with E-state index in [9.17, 15) is 9.90 Å². The van der Waals surface area contributed by atoms with Crippen molar-refractivity contribution in [2.45, 2.75) is 13.2 Å². The molecule has 1 heterocycles. The van der Waals surface area contributed by atoms with Crippen LogP contribution in [0.25, 0.3) is 10.9 Å². The lowest BCUT2D eigenvalue weighted by atomic mass is 10.2. The van der Waals surface area contributed by atoms with Crippen molar-refractivity contribution in [1.82, 2.24) is 9.88 Å². The average Bonchev–Trinajstić information content (AvgIpc) is 2.75. The molecule has 1 aromatic carbocycles. The molecule has 0 unspecified atom stereocenters. The topological polar surface area (TPSA) is 74.5 Å². The number of aromatic nitrogens is 1. The zero-order valence-electron chi connectivity index (χ0n) is 10.2. The molecular weight excluding hydrogens is 371 g/mol. The number of carbonyl (C=O) groups is 1. The van der Waals surface area contributed by atoms with Gasteiger partial charge in [0.25, 0.3) is 0 Å². The second-order valence-corrected chi connectivity index (χ2v) is 5.73. The van der Waals surface area contributed by atoms with Gasteiger partial charge in [0.2, 0.25) is 0 Å². The van der Waals surface area contributed by atoms with E-state index in [1.54, 1.807) is 16.7 Å². The monoisotopic (exact) mass is 380 g/mol. The van der Waals surface area contributed by atoms with Crippen LogP contribution in [0.2, 0.25) is 10.0 Å². The molecule has 0 spiro atoms. The Bertz CT molecular complexity index is 673. The van der Waals surface area contributed by atoms with Gasteiger partial charge in [0, 0.05) is 28.6 Å². The molecule has 0 atom stereocenters. The maximum Gasteiger partial charge on any atom is 0.404 e. The summed E-state index contributed by atoms with van der Waals surface area (Å²) in [6.45, 7) is 0.368. The zero-order valence-corrected chi connectivity index (χ0v) is 13.3. The summed E-state index contributed by atoms with van der Waals surface area (Å²) < 4.78 is 2.52. The molecule has 20 heavy (non-hydrogen) atoms. The number of nitrogens with one attached hydrogen (secondary N) is 1. The van der Waals surface area contributed by atoms with Crippen LogP contribution < -0.4 is 5.32 Å². The van der Waals surface area contributed by atoms with Crippen molar-refractivity contribution in [2.24, 2.45) is 0 Å². The van der Waals surface area contributed by atoms with Crippen molar-refractivity contribution in [3.05, 3.63) is 32.3 Å². The molecule has 0 aliphatic carbocycles. The van der Waals surface area contributed by atoms with Gasteiger partial charge in [-0.3, -0.25) is 0 Å². The molecule has 0 saturated carbocycles. The highest BCUT2D eigenvalue weighted by Crippen LogP contribution is 2.38. The number of aliphatic hydroxyl groups is 1. The summed E-state index contributed by atoms with van der Waals surface area (Å²) in [6.07, 6.45) is -1.10. The minimum atomic E-state index is -1.10. The minimum Gasteiger partial charge on any atom is -0.465 e. The van der Waals surface area contributed by atoms with Gasteiger partial charge in [-0.2, -0.15) is 0 Å². The third-order valence-corrected chi connectivity index (χ3v) is 4.32. The number of nitrogens with zero attached hydrogens (tertiary/aromatic N) is 1. The van der Waals surface area contributed by atoms with E-state index in [0.717, 1.165) is 9.86 Å². The van der Waals surface area contributed by atoms with Crippen LogP contribution in [-0.4, -0.2) is 27.4 Å². The highest BCUT2D eigenvalue weighted by Gasteiger charge is 2.16. The number of amides is 1. The van der Waals surface area contributed by atoms with Gasteiger partial charge in [-0.05, 0) is 12.1 Å². The summed E-state index contributed by atoms with van der Waals surface area (Å²) in [4.78, 5) is 10.5. The Kier molecular flexibility index (Phi) is 4.80. The second-order valence-electron chi connectivity index (χ2n) is 4.09. The molecule has 0 aliphatic rings. The molecule has 3 N–H and O–H groups in total. The van der Waals surface area contributed by atoms with E-state index < -0.39 is 6.09 Å². The smallest absolute Gasteiger partial charge is 0.404 e. The first-order valence-electron chi connectivity index (χ1n) is 5.69. The first-order valence-corrected chi connectivity index (χ1v) is 7.24. The van der Waals surface area contributed by atoms with Gasteiger partial charge in [-0.25, -0.2) is 4.79 Å². The Balaban J connectivity index is 2.52. The van der Waals surface area contributed by atoms with E-state index in [1.807, 2.05) is 0 Å². The van der Waals surface area contributed by atoms with E-state index >= 15 is 0 Å². The van der Waals surface area contributed by atoms with E-state index in [4.69, 9.17) is 28.3 Å². The summed E-state index contributed by atoms with van der Waals surface area (Å²) in [5, 5.41) is 21.9. The highest BCUT2D eigenvalue weighted by atomic mass is 79.9. The van der Waals surface area contributed by atoms with Crippen LogP contribution in [0.3, 0.4) is 0 Å². The number of hydrogen-bond acceptors (Lipinski definition) is 2. The SMILES string of the molecule is O=C(O)NCCn1c(CO)cc2c(Br)cc(Cl)c(Cl)c21.